The smallest absolute Gasteiger partial charge is 0.461 e. The quantitative estimate of drug-likeness (QED) is 0.566. The average Bonchev–Trinajstić information content (AvgIpc) is 2.52. The molecule has 0 aliphatic carbocycles. The highest BCUT2D eigenvalue weighted by Crippen LogP contribution is 2.40. The van der Waals surface area contributed by atoms with Gasteiger partial charge in [0.1, 0.15) is 12.4 Å². The summed E-state index contributed by atoms with van der Waals surface area (Å²) in [6.07, 6.45) is -5.97. The molecule has 7 heteroatoms. The zero-order chi connectivity index (χ0) is 18.0. The topological polar surface area (TPSA) is 26.3 Å². The van der Waals surface area contributed by atoms with Crippen molar-refractivity contribution in [3.63, 3.8) is 0 Å². The van der Waals surface area contributed by atoms with Crippen molar-refractivity contribution in [3.8, 4) is 5.75 Å². The molecule has 0 amide bonds. The summed E-state index contributed by atoms with van der Waals surface area (Å²) in [7, 11) is 0. The van der Waals surface area contributed by atoms with Gasteiger partial charge in [0.15, 0.2) is 0 Å². The number of carbonyl (C=O) groups excluding carboxylic acids is 1. The van der Waals surface area contributed by atoms with Gasteiger partial charge in [-0.3, -0.25) is 4.79 Å². The van der Waals surface area contributed by atoms with E-state index in [2.05, 4.69) is 0 Å². The molecule has 0 N–H and O–H groups in total. The lowest BCUT2D eigenvalue weighted by atomic mass is 10.0. The number of para-hydroxylation sites is 1. The summed E-state index contributed by atoms with van der Waals surface area (Å²) in [5.74, 6) is -8.09. The van der Waals surface area contributed by atoms with E-state index < -0.39 is 23.4 Å². The molecule has 0 spiro atoms. The van der Waals surface area contributed by atoms with Crippen molar-refractivity contribution in [3.05, 3.63) is 65.2 Å². The van der Waals surface area contributed by atoms with E-state index in [4.69, 9.17) is 4.74 Å². The van der Waals surface area contributed by atoms with Crippen LogP contribution < -0.4 is 4.74 Å². The maximum absolute atomic E-state index is 13.4. The van der Waals surface area contributed by atoms with E-state index in [1.54, 1.807) is 30.3 Å². The summed E-state index contributed by atoms with van der Waals surface area (Å²) >= 11 is 0. The van der Waals surface area contributed by atoms with Crippen molar-refractivity contribution in [2.75, 3.05) is 0 Å². The van der Waals surface area contributed by atoms with Crippen LogP contribution in [0.3, 0.4) is 0 Å². The number of ketones is 1. The number of aryl methyl sites for hydroxylation is 1. The zero-order valence-corrected chi connectivity index (χ0v) is 12.5. The van der Waals surface area contributed by atoms with Gasteiger partial charge in [-0.05, 0) is 24.1 Å². The molecular formula is C17H13F5O2. The fourth-order valence-corrected chi connectivity index (χ4v) is 2.05. The van der Waals surface area contributed by atoms with E-state index in [9.17, 15) is 26.7 Å². The van der Waals surface area contributed by atoms with Gasteiger partial charge in [-0.15, -0.1) is 0 Å². The molecule has 0 aliphatic rings. The summed E-state index contributed by atoms with van der Waals surface area (Å²) < 4.78 is 69.4. The van der Waals surface area contributed by atoms with E-state index in [1.165, 1.54) is 19.1 Å². The number of carbonyl (C=O) groups is 1. The van der Waals surface area contributed by atoms with Crippen LogP contribution in [0.4, 0.5) is 22.0 Å². The Labute approximate surface area is 134 Å². The Hall–Kier alpha value is -2.44. The zero-order valence-electron chi connectivity index (χ0n) is 12.5. The second kappa shape index (κ2) is 6.59. The fraction of sp³-hybridized carbons (Fsp3) is 0.235. The number of Topliss-reactive ketones (excluding diaryl/α,β-unsaturated/α-hetero) is 1. The Morgan fingerprint density at radius 2 is 1.58 bits per heavy atom. The maximum atomic E-state index is 13.4. The summed E-state index contributed by atoms with van der Waals surface area (Å²) in [4.78, 5) is 11.7. The van der Waals surface area contributed by atoms with Crippen LogP contribution in [0.5, 0.6) is 5.75 Å². The Morgan fingerprint density at radius 3 is 2.17 bits per heavy atom. The van der Waals surface area contributed by atoms with Crippen LogP contribution in [0.25, 0.3) is 0 Å². The fourth-order valence-electron chi connectivity index (χ4n) is 2.05. The number of rotatable bonds is 5. The minimum atomic E-state index is -5.97. The predicted molar refractivity (Wildman–Crippen MR) is 77.3 cm³/mol. The van der Waals surface area contributed by atoms with Crippen molar-refractivity contribution < 1.29 is 31.5 Å². The minimum Gasteiger partial charge on any atom is -0.488 e. The van der Waals surface area contributed by atoms with Crippen molar-refractivity contribution in [2.24, 2.45) is 0 Å². The lowest BCUT2D eigenvalue weighted by Crippen LogP contribution is -2.44. The third kappa shape index (κ3) is 3.55. The molecule has 0 saturated heterocycles. The highest BCUT2D eigenvalue weighted by molar-refractivity contribution is 6.04. The monoisotopic (exact) mass is 344 g/mol. The first-order valence-electron chi connectivity index (χ1n) is 6.90. The van der Waals surface area contributed by atoms with Crippen LogP contribution >= 0.6 is 0 Å². The Bertz CT molecular complexity index is 724. The Balaban J connectivity index is 2.35. The first kappa shape index (κ1) is 17.9. The first-order chi connectivity index (χ1) is 11.1. The largest absolute Gasteiger partial charge is 0.488 e. The summed E-state index contributed by atoms with van der Waals surface area (Å²) in [5, 5.41) is 0. The van der Waals surface area contributed by atoms with E-state index >= 15 is 0 Å². The molecule has 128 valence electrons. The molecule has 0 atom stereocenters. The second-order valence-corrected chi connectivity index (χ2v) is 5.13. The standard InChI is InChI=1S/C17H13F5O2/c1-11-6-5-9-13(15(23)16(18,19)17(20,21)22)14(11)24-10-12-7-3-2-4-8-12/h2-9H,10H2,1H3. The first-order valence-corrected chi connectivity index (χ1v) is 6.90. The van der Waals surface area contributed by atoms with Gasteiger partial charge in [-0.2, -0.15) is 22.0 Å². The summed E-state index contributed by atoms with van der Waals surface area (Å²) in [5.41, 5.74) is 0.171. The molecule has 0 radical (unpaired) electrons. The summed E-state index contributed by atoms with van der Waals surface area (Å²) in [6.45, 7) is 1.40. The molecule has 2 aromatic rings. The molecule has 2 aromatic carbocycles. The normalized spacial score (nSPS) is 12.1. The molecule has 2 nitrogen and oxygen atoms in total. The molecule has 0 fully saturated rings. The highest BCUT2D eigenvalue weighted by Gasteiger charge is 2.63. The van der Waals surface area contributed by atoms with Gasteiger partial charge >= 0.3 is 12.1 Å². The number of hydrogen-bond acceptors (Lipinski definition) is 2. The lowest BCUT2D eigenvalue weighted by molar-refractivity contribution is -0.255. The lowest BCUT2D eigenvalue weighted by Gasteiger charge is -2.20. The SMILES string of the molecule is Cc1cccc(C(=O)C(F)(F)C(F)(F)F)c1OCc1ccccc1. The third-order valence-electron chi connectivity index (χ3n) is 3.32. The maximum Gasteiger partial charge on any atom is 0.461 e. The molecule has 24 heavy (non-hydrogen) atoms. The van der Waals surface area contributed by atoms with Gasteiger partial charge < -0.3 is 4.74 Å². The van der Waals surface area contributed by atoms with Crippen molar-refractivity contribution in [1.82, 2.24) is 0 Å². The van der Waals surface area contributed by atoms with E-state index in [-0.39, 0.29) is 17.9 Å². The summed E-state index contributed by atoms with van der Waals surface area (Å²) in [6, 6.07) is 12.2. The van der Waals surface area contributed by atoms with Crippen LogP contribution in [-0.2, 0) is 6.61 Å². The Kier molecular flexibility index (Phi) is 4.91. The molecule has 0 saturated carbocycles. The second-order valence-electron chi connectivity index (χ2n) is 5.13. The van der Waals surface area contributed by atoms with E-state index in [0.717, 1.165) is 6.07 Å². The minimum absolute atomic E-state index is 0.0659. The van der Waals surface area contributed by atoms with Crippen LogP contribution in [0, 0.1) is 6.92 Å². The third-order valence-corrected chi connectivity index (χ3v) is 3.32. The number of benzene rings is 2. The van der Waals surface area contributed by atoms with Crippen molar-refractivity contribution >= 4 is 5.78 Å². The van der Waals surface area contributed by atoms with Gasteiger partial charge in [-0.1, -0.05) is 42.5 Å². The van der Waals surface area contributed by atoms with Gasteiger partial charge in [0.2, 0.25) is 5.78 Å². The molecule has 0 aromatic heterocycles. The van der Waals surface area contributed by atoms with E-state index in [0.29, 0.717) is 5.56 Å². The van der Waals surface area contributed by atoms with Crippen LogP contribution in [0.15, 0.2) is 48.5 Å². The molecule has 0 bridgehead atoms. The van der Waals surface area contributed by atoms with Crippen LogP contribution in [0.2, 0.25) is 0 Å². The molecule has 0 unspecified atom stereocenters. The van der Waals surface area contributed by atoms with Crippen LogP contribution in [0.1, 0.15) is 21.5 Å². The predicted octanol–water partition coefficient (Wildman–Crippen LogP) is 4.95. The van der Waals surface area contributed by atoms with Gasteiger partial charge in [0.05, 0.1) is 5.56 Å². The molecule has 2 rings (SSSR count). The molecular weight excluding hydrogens is 331 g/mol. The number of ether oxygens (including phenoxy) is 1. The van der Waals surface area contributed by atoms with Crippen molar-refractivity contribution in [2.45, 2.75) is 25.6 Å². The molecule has 0 heterocycles. The van der Waals surface area contributed by atoms with Crippen LogP contribution in [-0.4, -0.2) is 17.9 Å². The van der Waals surface area contributed by atoms with Gasteiger partial charge in [0.25, 0.3) is 0 Å². The number of alkyl halides is 5. The Morgan fingerprint density at radius 1 is 0.958 bits per heavy atom. The van der Waals surface area contributed by atoms with Gasteiger partial charge in [0, 0.05) is 0 Å². The number of hydrogen-bond donors (Lipinski definition) is 0. The van der Waals surface area contributed by atoms with E-state index in [1.807, 2.05) is 0 Å². The van der Waals surface area contributed by atoms with Crippen molar-refractivity contribution in [1.29, 1.82) is 0 Å². The highest BCUT2D eigenvalue weighted by atomic mass is 19.4. The molecule has 0 aliphatic heterocycles. The van der Waals surface area contributed by atoms with Gasteiger partial charge in [-0.25, -0.2) is 0 Å². The average molecular weight is 344 g/mol. The number of halogens is 5.